The fourth-order valence-electron chi connectivity index (χ4n) is 1.71. The van der Waals surface area contributed by atoms with Crippen molar-refractivity contribution >= 4 is 11.0 Å². The molecule has 0 aliphatic heterocycles. The van der Waals surface area contributed by atoms with Crippen LogP contribution in [0.5, 0.6) is 0 Å². The van der Waals surface area contributed by atoms with Crippen molar-refractivity contribution in [3.8, 4) is 0 Å². The molecule has 5 nitrogen and oxygen atoms in total. The van der Waals surface area contributed by atoms with E-state index in [4.69, 9.17) is 0 Å². The summed E-state index contributed by atoms with van der Waals surface area (Å²) in [6, 6.07) is 3.90. The summed E-state index contributed by atoms with van der Waals surface area (Å²) in [5, 5.41) is 4.20. The number of hydrogen-bond donors (Lipinski definition) is 1. The van der Waals surface area contributed by atoms with Crippen LogP contribution in [0.15, 0.2) is 36.9 Å². The molecule has 0 bridgehead atoms. The van der Waals surface area contributed by atoms with E-state index >= 15 is 0 Å². The van der Waals surface area contributed by atoms with Crippen molar-refractivity contribution in [1.29, 1.82) is 0 Å². The second-order valence-electron chi connectivity index (χ2n) is 3.68. The summed E-state index contributed by atoms with van der Waals surface area (Å²) in [7, 11) is 0. The summed E-state index contributed by atoms with van der Waals surface area (Å²) in [5.41, 5.74) is 1.89. The maximum atomic E-state index is 4.51. The summed E-state index contributed by atoms with van der Waals surface area (Å²) in [4.78, 5) is 11.8. The lowest BCUT2D eigenvalue weighted by Gasteiger charge is -2.07. The van der Waals surface area contributed by atoms with E-state index in [1.54, 1.807) is 18.6 Å². The fourth-order valence-corrected chi connectivity index (χ4v) is 1.71. The van der Waals surface area contributed by atoms with E-state index < -0.39 is 0 Å². The van der Waals surface area contributed by atoms with E-state index in [0.717, 1.165) is 16.9 Å². The molecule has 1 atom stereocenters. The lowest BCUT2D eigenvalue weighted by atomic mass is 10.3. The predicted molar refractivity (Wildman–Crippen MR) is 59.9 cm³/mol. The Morgan fingerprint density at radius 3 is 3.06 bits per heavy atom. The molecule has 0 radical (unpaired) electrons. The van der Waals surface area contributed by atoms with E-state index in [-0.39, 0.29) is 6.04 Å². The number of fused-ring (bicyclic) bond motifs is 1. The standard InChI is InChI=1S/C11H11N5/c1-8(16-6-2-4-13-16)11-14-9-3-5-12-7-10(9)15-11/h2-8H,1H3,(H,14,15). The van der Waals surface area contributed by atoms with Crippen LogP contribution >= 0.6 is 0 Å². The molecule has 1 N–H and O–H groups in total. The average molecular weight is 213 g/mol. The Kier molecular flexibility index (Phi) is 1.96. The van der Waals surface area contributed by atoms with Crippen molar-refractivity contribution in [3.63, 3.8) is 0 Å². The Balaban J connectivity index is 2.06. The van der Waals surface area contributed by atoms with Crippen LogP contribution in [-0.2, 0) is 0 Å². The van der Waals surface area contributed by atoms with Gasteiger partial charge in [-0.3, -0.25) is 9.67 Å². The molecule has 3 aromatic rings. The third-order valence-electron chi connectivity index (χ3n) is 2.62. The van der Waals surface area contributed by atoms with Crippen LogP contribution in [0.2, 0.25) is 0 Å². The Hall–Kier alpha value is -2.17. The topological polar surface area (TPSA) is 59.4 Å². The first kappa shape index (κ1) is 9.08. The number of pyridine rings is 1. The molecule has 0 saturated carbocycles. The Morgan fingerprint density at radius 1 is 1.38 bits per heavy atom. The third-order valence-corrected chi connectivity index (χ3v) is 2.62. The molecule has 3 aromatic heterocycles. The second-order valence-corrected chi connectivity index (χ2v) is 3.68. The lowest BCUT2D eigenvalue weighted by molar-refractivity contribution is 0.542. The zero-order valence-corrected chi connectivity index (χ0v) is 8.83. The molecule has 0 amide bonds. The quantitative estimate of drug-likeness (QED) is 0.705. The molecule has 16 heavy (non-hydrogen) atoms. The van der Waals surface area contributed by atoms with E-state index in [9.17, 15) is 0 Å². The van der Waals surface area contributed by atoms with E-state index in [1.165, 1.54) is 0 Å². The van der Waals surface area contributed by atoms with Crippen molar-refractivity contribution in [2.45, 2.75) is 13.0 Å². The number of aromatic amines is 1. The normalized spacial score (nSPS) is 13.1. The summed E-state index contributed by atoms with van der Waals surface area (Å²) in [5.74, 6) is 0.895. The van der Waals surface area contributed by atoms with E-state index in [2.05, 4.69) is 27.0 Å². The van der Waals surface area contributed by atoms with Gasteiger partial charge in [-0.2, -0.15) is 5.10 Å². The lowest BCUT2D eigenvalue weighted by Crippen LogP contribution is -2.08. The minimum atomic E-state index is 0.0994. The molecule has 0 aliphatic carbocycles. The number of rotatable bonds is 2. The van der Waals surface area contributed by atoms with Crippen LogP contribution in [0.25, 0.3) is 11.0 Å². The van der Waals surface area contributed by atoms with Crippen molar-refractivity contribution in [3.05, 3.63) is 42.7 Å². The molecule has 80 valence electrons. The molecule has 0 aromatic carbocycles. The molecule has 0 saturated heterocycles. The van der Waals surface area contributed by atoms with E-state index in [0.29, 0.717) is 0 Å². The highest BCUT2D eigenvalue weighted by molar-refractivity contribution is 5.73. The van der Waals surface area contributed by atoms with Gasteiger partial charge in [-0.1, -0.05) is 0 Å². The zero-order chi connectivity index (χ0) is 11.0. The number of nitrogens with zero attached hydrogens (tertiary/aromatic N) is 4. The highest BCUT2D eigenvalue weighted by atomic mass is 15.3. The molecular weight excluding hydrogens is 202 g/mol. The number of H-pyrrole nitrogens is 1. The third kappa shape index (κ3) is 1.37. The van der Waals surface area contributed by atoms with Gasteiger partial charge in [0.1, 0.15) is 11.9 Å². The van der Waals surface area contributed by atoms with Crippen molar-refractivity contribution in [1.82, 2.24) is 24.7 Å². The van der Waals surface area contributed by atoms with Crippen LogP contribution in [0.3, 0.4) is 0 Å². The maximum absolute atomic E-state index is 4.51. The van der Waals surface area contributed by atoms with Crippen LogP contribution in [0.1, 0.15) is 18.8 Å². The van der Waals surface area contributed by atoms with Gasteiger partial charge in [0.25, 0.3) is 0 Å². The number of aromatic nitrogens is 5. The first-order valence-corrected chi connectivity index (χ1v) is 5.13. The molecule has 3 heterocycles. The van der Waals surface area contributed by atoms with Gasteiger partial charge in [0.15, 0.2) is 0 Å². The summed E-state index contributed by atoms with van der Waals surface area (Å²) < 4.78 is 1.87. The van der Waals surface area contributed by atoms with Gasteiger partial charge >= 0.3 is 0 Å². The Morgan fingerprint density at radius 2 is 2.31 bits per heavy atom. The zero-order valence-electron chi connectivity index (χ0n) is 8.83. The summed E-state index contributed by atoms with van der Waals surface area (Å²) in [6.45, 7) is 2.05. The van der Waals surface area contributed by atoms with Crippen LogP contribution in [0, 0.1) is 0 Å². The Bertz CT molecular complexity index is 563. The molecule has 1 unspecified atom stereocenters. The summed E-state index contributed by atoms with van der Waals surface area (Å²) >= 11 is 0. The van der Waals surface area contributed by atoms with Crippen LogP contribution < -0.4 is 0 Å². The molecule has 3 rings (SSSR count). The van der Waals surface area contributed by atoms with Gasteiger partial charge in [0.05, 0.1) is 17.2 Å². The smallest absolute Gasteiger partial charge is 0.131 e. The first-order chi connectivity index (χ1) is 7.84. The van der Waals surface area contributed by atoms with Crippen molar-refractivity contribution < 1.29 is 0 Å². The highest BCUT2D eigenvalue weighted by Crippen LogP contribution is 2.17. The largest absolute Gasteiger partial charge is 0.339 e. The van der Waals surface area contributed by atoms with Crippen molar-refractivity contribution in [2.75, 3.05) is 0 Å². The molecular formula is C11H11N5. The molecule has 0 fully saturated rings. The number of nitrogens with one attached hydrogen (secondary N) is 1. The van der Waals surface area contributed by atoms with Gasteiger partial charge in [-0.25, -0.2) is 4.98 Å². The van der Waals surface area contributed by atoms with Gasteiger partial charge in [0, 0.05) is 18.6 Å². The minimum absolute atomic E-state index is 0.0994. The van der Waals surface area contributed by atoms with Gasteiger partial charge < -0.3 is 4.98 Å². The van der Waals surface area contributed by atoms with Gasteiger partial charge in [0.2, 0.25) is 0 Å². The summed E-state index contributed by atoms with van der Waals surface area (Å²) in [6.07, 6.45) is 7.21. The molecule has 5 heteroatoms. The molecule has 0 aliphatic rings. The number of imidazole rings is 1. The van der Waals surface area contributed by atoms with E-state index in [1.807, 2.05) is 23.0 Å². The predicted octanol–water partition coefficient (Wildman–Crippen LogP) is 1.76. The monoisotopic (exact) mass is 213 g/mol. The van der Waals surface area contributed by atoms with Gasteiger partial charge in [-0.15, -0.1) is 0 Å². The Labute approximate surface area is 92.2 Å². The SMILES string of the molecule is CC(c1nc2ccncc2[nH]1)n1cccn1. The number of hydrogen-bond acceptors (Lipinski definition) is 3. The molecule has 0 spiro atoms. The minimum Gasteiger partial charge on any atom is -0.339 e. The van der Waals surface area contributed by atoms with Crippen LogP contribution in [-0.4, -0.2) is 24.7 Å². The van der Waals surface area contributed by atoms with Crippen molar-refractivity contribution in [2.24, 2.45) is 0 Å². The highest BCUT2D eigenvalue weighted by Gasteiger charge is 2.12. The fraction of sp³-hybridized carbons (Fsp3) is 0.182. The maximum Gasteiger partial charge on any atom is 0.131 e. The average Bonchev–Trinajstić information content (AvgIpc) is 2.97. The van der Waals surface area contributed by atoms with Crippen LogP contribution in [0.4, 0.5) is 0 Å². The van der Waals surface area contributed by atoms with Gasteiger partial charge in [-0.05, 0) is 19.1 Å². The second kappa shape index (κ2) is 3.44. The first-order valence-electron chi connectivity index (χ1n) is 5.13.